The maximum absolute atomic E-state index is 13.9. The van der Waals surface area contributed by atoms with Gasteiger partial charge in [-0.1, -0.05) is 24.9 Å². The minimum Gasteiger partial charge on any atom is -0.465 e. The Kier molecular flexibility index (Phi) is 8.90. The molecule has 0 atom stereocenters. The smallest absolute Gasteiger partial charge is 0.409 e. The molecule has 3 heterocycles. The van der Waals surface area contributed by atoms with Crippen molar-refractivity contribution >= 4 is 29.6 Å². The first-order valence-corrected chi connectivity index (χ1v) is 12.5. The second kappa shape index (κ2) is 12.5. The highest BCUT2D eigenvalue weighted by Gasteiger charge is 2.23. The van der Waals surface area contributed by atoms with Gasteiger partial charge in [0.25, 0.3) is 0 Å². The molecular weight excluding hydrogens is 517 g/mol. The molecule has 1 fully saturated rings. The van der Waals surface area contributed by atoms with E-state index in [1.54, 1.807) is 4.90 Å². The van der Waals surface area contributed by atoms with Crippen LogP contribution in [0.2, 0.25) is 5.02 Å². The zero-order chi connectivity index (χ0) is 27.1. The number of pyridine rings is 1. The predicted octanol–water partition coefficient (Wildman–Crippen LogP) is 4.97. The number of piperazine rings is 1. The van der Waals surface area contributed by atoms with E-state index in [9.17, 15) is 14.0 Å². The van der Waals surface area contributed by atoms with Gasteiger partial charge in [0.2, 0.25) is 11.8 Å². The molecule has 12 heteroatoms. The molecule has 0 bridgehead atoms. The Morgan fingerprint density at radius 1 is 1.05 bits per heavy atom. The molecule has 0 spiro atoms. The average Bonchev–Trinajstić information content (AvgIpc) is 2.92. The predicted molar refractivity (Wildman–Crippen MR) is 138 cm³/mol. The van der Waals surface area contributed by atoms with Crippen LogP contribution in [0.5, 0.6) is 11.6 Å². The summed E-state index contributed by atoms with van der Waals surface area (Å²) in [4.78, 5) is 41.1. The first-order chi connectivity index (χ1) is 18.4. The number of aromatic nitrogens is 3. The number of nitrogens with zero attached hydrogens (tertiary/aromatic N) is 5. The molecule has 4 rings (SSSR count). The summed E-state index contributed by atoms with van der Waals surface area (Å²) in [6, 6.07) is 6.82. The van der Waals surface area contributed by atoms with Gasteiger partial charge in [0.05, 0.1) is 37.4 Å². The second-order valence-corrected chi connectivity index (χ2v) is 8.93. The van der Waals surface area contributed by atoms with Crippen LogP contribution in [0.25, 0.3) is 11.3 Å². The number of methoxy groups -OCH3 is 1. The summed E-state index contributed by atoms with van der Waals surface area (Å²) in [5, 5.41) is 0.186. The molecule has 38 heavy (non-hydrogen) atoms. The highest BCUT2D eigenvalue weighted by molar-refractivity contribution is 6.30. The van der Waals surface area contributed by atoms with E-state index in [0.29, 0.717) is 44.3 Å². The summed E-state index contributed by atoms with van der Waals surface area (Å²) in [6.07, 6.45) is 4.48. The number of hydrogen-bond donors (Lipinski definition) is 0. The average molecular weight is 544 g/mol. The largest absolute Gasteiger partial charge is 0.465 e. The molecule has 3 aromatic rings. The van der Waals surface area contributed by atoms with Crippen LogP contribution in [0, 0.1) is 5.82 Å². The zero-order valence-electron chi connectivity index (χ0n) is 21.0. The van der Waals surface area contributed by atoms with E-state index >= 15 is 0 Å². The third kappa shape index (κ3) is 6.86. The standard InChI is InChI=1S/C26H27ClFN5O5/c1-3-4-9-37-26(35)33-7-5-32(6-8-33)25-29-15-21(16-30-25)38-23-13-18(24(34)36-2)12-22(31-23)17-10-19(27)14-20(28)11-17/h10-16H,3-9H2,1-2H3. The zero-order valence-corrected chi connectivity index (χ0v) is 21.8. The van der Waals surface area contributed by atoms with Gasteiger partial charge in [0, 0.05) is 42.8 Å². The number of unbranched alkanes of at least 4 members (excludes halogenated alkanes) is 1. The molecule has 0 radical (unpaired) electrons. The number of esters is 1. The fourth-order valence-corrected chi connectivity index (χ4v) is 3.99. The van der Waals surface area contributed by atoms with Crippen molar-refractivity contribution in [3.05, 3.63) is 59.1 Å². The van der Waals surface area contributed by atoms with Crippen molar-refractivity contribution in [2.75, 3.05) is 44.8 Å². The number of rotatable bonds is 8. The summed E-state index contributed by atoms with van der Waals surface area (Å²) in [5.41, 5.74) is 0.801. The van der Waals surface area contributed by atoms with Gasteiger partial charge in [-0.15, -0.1) is 0 Å². The van der Waals surface area contributed by atoms with Gasteiger partial charge >= 0.3 is 12.1 Å². The Hall–Kier alpha value is -3.99. The minimum absolute atomic E-state index is 0.0647. The maximum atomic E-state index is 13.9. The monoisotopic (exact) mass is 543 g/mol. The Morgan fingerprint density at radius 3 is 2.45 bits per heavy atom. The van der Waals surface area contributed by atoms with E-state index in [1.807, 2.05) is 11.8 Å². The van der Waals surface area contributed by atoms with Crippen molar-refractivity contribution in [1.82, 2.24) is 19.9 Å². The lowest BCUT2D eigenvalue weighted by Crippen LogP contribution is -2.49. The number of carbonyl (C=O) groups is 2. The van der Waals surface area contributed by atoms with Gasteiger partial charge < -0.3 is 24.0 Å². The van der Waals surface area contributed by atoms with Crippen LogP contribution in [-0.2, 0) is 9.47 Å². The third-order valence-corrected chi connectivity index (χ3v) is 5.98. The minimum atomic E-state index is -0.610. The summed E-state index contributed by atoms with van der Waals surface area (Å²) in [5.74, 6) is -0.318. The number of hydrogen-bond acceptors (Lipinski definition) is 9. The number of benzene rings is 1. The van der Waals surface area contributed by atoms with Crippen molar-refractivity contribution in [2.45, 2.75) is 19.8 Å². The van der Waals surface area contributed by atoms with Crippen LogP contribution in [0.3, 0.4) is 0 Å². The quantitative estimate of drug-likeness (QED) is 0.287. The Bertz CT molecular complexity index is 1270. The van der Waals surface area contributed by atoms with Gasteiger partial charge in [-0.3, -0.25) is 0 Å². The van der Waals surface area contributed by atoms with Crippen LogP contribution in [0.4, 0.5) is 15.1 Å². The lowest BCUT2D eigenvalue weighted by atomic mass is 10.1. The number of carbonyl (C=O) groups excluding carboxylic acids is 2. The summed E-state index contributed by atoms with van der Waals surface area (Å²) < 4.78 is 29.8. The Morgan fingerprint density at radius 2 is 1.79 bits per heavy atom. The van der Waals surface area contributed by atoms with Gasteiger partial charge in [0.1, 0.15) is 5.82 Å². The molecule has 1 amide bonds. The van der Waals surface area contributed by atoms with Crippen LogP contribution in [-0.4, -0.2) is 71.8 Å². The van der Waals surface area contributed by atoms with Crippen molar-refractivity contribution < 1.29 is 28.2 Å². The van der Waals surface area contributed by atoms with Gasteiger partial charge in [-0.2, -0.15) is 0 Å². The number of amides is 1. The van der Waals surface area contributed by atoms with E-state index in [4.69, 9.17) is 25.8 Å². The Balaban J connectivity index is 1.45. The molecule has 10 nitrogen and oxygen atoms in total. The van der Waals surface area contributed by atoms with E-state index in [-0.39, 0.29) is 34.0 Å². The molecule has 2 aromatic heterocycles. The molecule has 0 aliphatic carbocycles. The van der Waals surface area contributed by atoms with Crippen molar-refractivity contribution in [1.29, 1.82) is 0 Å². The van der Waals surface area contributed by atoms with Crippen LogP contribution >= 0.6 is 11.6 Å². The van der Waals surface area contributed by atoms with E-state index < -0.39 is 11.8 Å². The first kappa shape index (κ1) is 27.1. The number of ether oxygens (including phenoxy) is 3. The van der Waals surface area contributed by atoms with E-state index in [0.717, 1.165) is 12.8 Å². The fourth-order valence-electron chi connectivity index (χ4n) is 3.77. The first-order valence-electron chi connectivity index (χ1n) is 12.1. The third-order valence-electron chi connectivity index (χ3n) is 5.76. The fraction of sp³-hybridized carbons (Fsp3) is 0.346. The summed E-state index contributed by atoms with van der Waals surface area (Å²) in [7, 11) is 1.25. The van der Waals surface area contributed by atoms with Crippen molar-refractivity contribution in [2.24, 2.45) is 0 Å². The number of halogens is 2. The highest BCUT2D eigenvalue weighted by Crippen LogP contribution is 2.28. The Labute approximate surface area is 224 Å². The molecule has 200 valence electrons. The van der Waals surface area contributed by atoms with Crippen LogP contribution < -0.4 is 9.64 Å². The molecule has 0 N–H and O–H groups in total. The van der Waals surface area contributed by atoms with Gasteiger partial charge in [-0.25, -0.2) is 28.9 Å². The highest BCUT2D eigenvalue weighted by atomic mass is 35.5. The van der Waals surface area contributed by atoms with Gasteiger partial charge in [-0.05, 0) is 30.7 Å². The van der Waals surface area contributed by atoms with Crippen LogP contribution in [0.15, 0.2) is 42.7 Å². The molecular formula is C26H27ClFN5O5. The lowest BCUT2D eigenvalue weighted by Gasteiger charge is -2.34. The topological polar surface area (TPSA) is 107 Å². The van der Waals surface area contributed by atoms with Gasteiger partial charge in [0.15, 0.2) is 5.75 Å². The summed E-state index contributed by atoms with van der Waals surface area (Å²) >= 11 is 5.99. The molecule has 1 aliphatic heterocycles. The lowest BCUT2D eigenvalue weighted by molar-refractivity contribution is 0.0600. The normalized spacial score (nSPS) is 13.3. The molecule has 1 saturated heterocycles. The molecule has 1 aromatic carbocycles. The number of anilines is 1. The van der Waals surface area contributed by atoms with Crippen molar-refractivity contribution in [3.8, 4) is 22.9 Å². The molecule has 1 aliphatic rings. The van der Waals surface area contributed by atoms with Crippen molar-refractivity contribution in [3.63, 3.8) is 0 Å². The maximum Gasteiger partial charge on any atom is 0.409 e. The van der Waals surface area contributed by atoms with E-state index in [2.05, 4.69) is 15.0 Å². The molecule has 0 unspecified atom stereocenters. The second-order valence-electron chi connectivity index (χ2n) is 8.49. The van der Waals surface area contributed by atoms with E-state index in [1.165, 1.54) is 49.8 Å². The van der Waals surface area contributed by atoms with Crippen LogP contribution in [0.1, 0.15) is 30.1 Å². The molecule has 0 saturated carbocycles. The summed E-state index contributed by atoms with van der Waals surface area (Å²) in [6.45, 7) is 4.60. The SMILES string of the molecule is CCCCOC(=O)N1CCN(c2ncc(Oc3cc(C(=O)OC)cc(-c4cc(F)cc(Cl)c4)n3)cn2)CC1.